The molecule has 1 aromatic carbocycles. The van der Waals surface area contributed by atoms with Crippen molar-refractivity contribution < 1.29 is 9.53 Å². The van der Waals surface area contributed by atoms with Crippen molar-refractivity contribution in [1.29, 1.82) is 0 Å². The monoisotopic (exact) mass is 222 g/mol. The number of methoxy groups -OCH3 is 1. The van der Waals surface area contributed by atoms with Crippen LogP contribution in [0.5, 0.6) is 5.75 Å². The summed E-state index contributed by atoms with van der Waals surface area (Å²) in [6.07, 6.45) is 0. The van der Waals surface area contributed by atoms with Crippen LogP contribution in [0.3, 0.4) is 0 Å². The van der Waals surface area contributed by atoms with Crippen LogP contribution in [-0.4, -0.2) is 32.1 Å². The van der Waals surface area contributed by atoms with Gasteiger partial charge < -0.3 is 4.74 Å². The predicted molar refractivity (Wildman–Crippen MR) is 63.6 cm³/mol. The maximum absolute atomic E-state index is 11.8. The Bertz CT molecular complexity index is 400. The summed E-state index contributed by atoms with van der Waals surface area (Å²) in [5, 5.41) is 1.63. The largest absolute Gasteiger partial charge is 0.496 e. The van der Waals surface area contributed by atoms with E-state index in [1.54, 1.807) is 32.3 Å². The molecular weight excluding hydrogens is 204 g/mol. The Morgan fingerprint density at radius 1 is 1.25 bits per heavy atom. The third-order valence-corrected chi connectivity index (χ3v) is 2.53. The van der Waals surface area contributed by atoms with E-state index in [2.05, 4.69) is 5.43 Å². The van der Waals surface area contributed by atoms with Gasteiger partial charge in [0.05, 0.1) is 7.11 Å². The van der Waals surface area contributed by atoms with Crippen LogP contribution in [0, 0.1) is 13.8 Å². The standard InChI is InChI=1S/C12H18N2O2/c1-8-9(2)11(16-5)7-6-10(8)12(15)13-14(3)4/h6-7H,1-5H3,(H,13,15). The highest BCUT2D eigenvalue weighted by Gasteiger charge is 2.13. The van der Waals surface area contributed by atoms with Gasteiger partial charge in [0, 0.05) is 19.7 Å². The molecule has 0 fully saturated rings. The summed E-state index contributed by atoms with van der Waals surface area (Å²) in [4.78, 5) is 11.8. The lowest BCUT2D eigenvalue weighted by atomic mass is 10.0. The summed E-state index contributed by atoms with van der Waals surface area (Å²) in [5.41, 5.74) is 5.33. The summed E-state index contributed by atoms with van der Waals surface area (Å²) in [6.45, 7) is 3.86. The van der Waals surface area contributed by atoms with E-state index in [-0.39, 0.29) is 5.91 Å². The van der Waals surface area contributed by atoms with Gasteiger partial charge in [0.1, 0.15) is 5.75 Å². The molecule has 0 aliphatic carbocycles. The minimum absolute atomic E-state index is 0.103. The molecule has 1 N–H and O–H groups in total. The third kappa shape index (κ3) is 2.52. The molecule has 0 spiro atoms. The van der Waals surface area contributed by atoms with Gasteiger partial charge in [-0.05, 0) is 37.1 Å². The second-order valence-electron chi connectivity index (χ2n) is 3.90. The van der Waals surface area contributed by atoms with E-state index in [1.807, 2.05) is 19.9 Å². The molecule has 0 atom stereocenters. The molecule has 0 radical (unpaired) electrons. The highest BCUT2D eigenvalue weighted by Crippen LogP contribution is 2.23. The zero-order chi connectivity index (χ0) is 12.3. The number of benzene rings is 1. The first kappa shape index (κ1) is 12.5. The van der Waals surface area contributed by atoms with Gasteiger partial charge in [0.2, 0.25) is 0 Å². The molecule has 16 heavy (non-hydrogen) atoms. The highest BCUT2D eigenvalue weighted by molar-refractivity contribution is 5.95. The van der Waals surface area contributed by atoms with E-state index >= 15 is 0 Å². The predicted octanol–water partition coefficient (Wildman–Crippen LogP) is 1.52. The maximum Gasteiger partial charge on any atom is 0.265 e. The van der Waals surface area contributed by atoms with E-state index in [4.69, 9.17) is 4.74 Å². The van der Waals surface area contributed by atoms with E-state index in [1.165, 1.54) is 0 Å². The SMILES string of the molecule is COc1ccc(C(=O)NN(C)C)c(C)c1C. The number of nitrogens with zero attached hydrogens (tertiary/aromatic N) is 1. The minimum atomic E-state index is -0.103. The van der Waals surface area contributed by atoms with Crippen molar-refractivity contribution in [2.24, 2.45) is 0 Å². The van der Waals surface area contributed by atoms with Crippen molar-refractivity contribution >= 4 is 5.91 Å². The summed E-state index contributed by atoms with van der Waals surface area (Å²) in [6, 6.07) is 3.59. The molecular formula is C12H18N2O2. The normalized spacial score (nSPS) is 10.4. The molecule has 4 heteroatoms. The molecule has 0 aliphatic rings. The average Bonchev–Trinajstić information content (AvgIpc) is 2.20. The lowest BCUT2D eigenvalue weighted by Gasteiger charge is -2.15. The molecule has 0 unspecified atom stereocenters. The van der Waals surface area contributed by atoms with Gasteiger partial charge in [0.25, 0.3) is 5.91 Å². The second kappa shape index (κ2) is 4.99. The fourth-order valence-electron chi connectivity index (χ4n) is 1.53. The fourth-order valence-corrected chi connectivity index (χ4v) is 1.53. The van der Waals surface area contributed by atoms with Crippen LogP contribution in [0.1, 0.15) is 21.5 Å². The Balaban J connectivity index is 3.07. The van der Waals surface area contributed by atoms with Crippen molar-refractivity contribution in [2.75, 3.05) is 21.2 Å². The first-order valence-corrected chi connectivity index (χ1v) is 5.10. The number of hydrazine groups is 1. The van der Waals surface area contributed by atoms with Gasteiger partial charge in [-0.25, -0.2) is 5.01 Å². The number of nitrogens with one attached hydrogen (secondary N) is 1. The van der Waals surface area contributed by atoms with Crippen LogP contribution in [0.15, 0.2) is 12.1 Å². The number of ether oxygens (including phenoxy) is 1. The van der Waals surface area contributed by atoms with Crippen LogP contribution >= 0.6 is 0 Å². The first-order chi connectivity index (χ1) is 7.47. The fraction of sp³-hybridized carbons (Fsp3) is 0.417. The molecule has 0 aromatic heterocycles. The number of hydrogen-bond donors (Lipinski definition) is 1. The van der Waals surface area contributed by atoms with Crippen molar-refractivity contribution in [1.82, 2.24) is 10.4 Å². The van der Waals surface area contributed by atoms with Crippen LogP contribution in [-0.2, 0) is 0 Å². The van der Waals surface area contributed by atoms with E-state index in [9.17, 15) is 4.79 Å². The van der Waals surface area contributed by atoms with Gasteiger partial charge in [-0.3, -0.25) is 10.2 Å². The molecule has 0 heterocycles. The number of carbonyl (C=O) groups excluding carboxylic acids is 1. The molecule has 0 saturated carbocycles. The lowest BCUT2D eigenvalue weighted by molar-refractivity contribution is 0.0856. The molecule has 88 valence electrons. The van der Waals surface area contributed by atoms with Gasteiger partial charge in [-0.2, -0.15) is 0 Å². The van der Waals surface area contributed by atoms with Crippen molar-refractivity contribution in [3.05, 3.63) is 28.8 Å². The molecule has 1 amide bonds. The van der Waals surface area contributed by atoms with Crippen molar-refractivity contribution in [3.8, 4) is 5.75 Å². The number of carbonyl (C=O) groups is 1. The van der Waals surface area contributed by atoms with Crippen LogP contribution in [0.25, 0.3) is 0 Å². The van der Waals surface area contributed by atoms with E-state index < -0.39 is 0 Å². The minimum Gasteiger partial charge on any atom is -0.496 e. The summed E-state index contributed by atoms with van der Waals surface area (Å²) in [7, 11) is 5.19. The van der Waals surface area contributed by atoms with Crippen LogP contribution in [0.4, 0.5) is 0 Å². The second-order valence-corrected chi connectivity index (χ2v) is 3.90. The van der Waals surface area contributed by atoms with Crippen LogP contribution in [0.2, 0.25) is 0 Å². The van der Waals surface area contributed by atoms with E-state index in [0.717, 1.165) is 16.9 Å². The summed E-state index contributed by atoms with van der Waals surface area (Å²) in [5.74, 6) is 0.701. The third-order valence-electron chi connectivity index (χ3n) is 2.53. The molecule has 4 nitrogen and oxygen atoms in total. The van der Waals surface area contributed by atoms with Gasteiger partial charge in [-0.1, -0.05) is 0 Å². The molecule has 0 bridgehead atoms. The maximum atomic E-state index is 11.8. The van der Waals surface area contributed by atoms with Crippen molar-refractivity contribution in [2.45, 2.75) is 13.8 Å². The molecule has 0 aliphatic heterocycles. The zero-order valence-electron chi connectivity index (χ0n) is 10.4. The number of rotatable bonds is 3. The van der Waals surface area contributed by atoms with E-state index in [0.29, 0.717) is 5.56 Å². The first-order valence-electron chi connectivity index (χ1n) is 5.10. The number of amides is 1. The van der Waals surface area contributed by atoms with Gasteiger partial charge >= 0.3 is 0 Å². The summed E-state index contributed by atoms with van der Waals surface area (Å²) < 4.78 is 5.20. The Kier molecular flexibility index (Phi) is 3.90. The Morgan fingerprint density at radius 3 is 2.38 bits per heavy atom. The Morgan fingerprint density at radius 2 is 1.88 bits per heavy atom. The van der Waals surface area contributed by atoms with Crippen LogP contribution < -0.4 is 10.2 Å². The molecule has 0 saturated heterocycles. The smallest absolute Gasteiger partial charge is 0.265 e. The Labute approximate surface area is 96.2 Å². The number of hydrogen-bond acceptors (Lipinski definition) is 3. The van der Waals surface area contributed by atoms with Gasteiger partial charge in [-0.15, -0.1) is 0 Å². The quantitative estimate of drug-likeness (QED) is 0.788. The average molecular weight is 222 g/mol. The molecule has 1 rings (SSSR count). The Hall–Kier alpha value is -1.55. The zero-order valence-corrected chi connectivity index (χ0v) is 10.4. The topological polar surface area (TPSA) is 41.6 Å². The van der Waals surface area contributed by atoms with Gasteiger partial charge in [0.15, 0.2) is 0 Å². The van der Waals surface area contributed by atoms with Crippen molar-refractivity contribution in [3.63, 3.8) is 0 Å². The summed E-state index contributed by atoms with van der Waals surface area (Å²) >= 11 is 0. The lowest BCUT2D eigenvalue weighted by Crippen LogP contribution is -2.36. The molecule has 1 aromatic rings. The highest BCUT2D eigenvalue weighted by atomic mass is 16.5.